The number of halogens is 1. The van der Waals surface area contributed by atoms with Crippen LogP contribution >= 0.6 is 11.6 Å². The number of H-pyrrole nitrogens is 1. The van der Waals surface area contributed by atoms with E-state index in [9.17, 15) is 0 Å². The summed E-state index contributed by atoms with van der Waals surface area (Å²) < 4.78 is 5.74. The summed E-state index contributed by atoms with van der Waals surface area (Å²) in [4.78, 5) is 14.9. The zero-order valence-electron chi connectivity index (χ0n) is 20.5. The molecule has 2 aromatic heterocycles. The highest BCUT2D eigenvalue weighted by molar-refractivity contribution is 6.33. The number of anilines is 3. The molecule has 0 aliphatic carbocycles. The lowest BCUT2D eigenvalue weighted by molar-refractivity contribution is 0.215. The Morgan fingerprint density at radius 3 is 2.80 bits per heavy atom. The maximum atomic E-state index is 6.50. The Morgan fingerprint density at radius 1 is 1.20 bits per heavy atom. The molecule has 7 nitrogen and oxygen atoms in total. The quantitative estimate of drug-likeness (QED) is 0.314. The summed E-state index contributed by atoms with van der Waals surface area (Å²) in [5.41, 5.74) is 4.76. The van der Waals surface area contributed by atoms with E-state index in [2.05, 4.69) is 57.5 Å². The number of hydrogen-bond acceptors (Lipinski definition) is 6. The van der Waals surface area contributed by atoms with E-state index < -0.39 is 0 Å². The van der Waals surface area contributed by atoms with Gasteiger partial charge in [-0.1, -0.05) is 43.6 Å². The van der Waals surface area contributed by atoms with Crippen molar-refractivity contribution in [1.82, 2.24) is 20.3 Å². The molecule has 182 valence electrons. The zero-order chi connectivity index (χ0) is 24.6. The molecule has 0 saturated carbocycles. The Balaban J connectivity index is 1.41. The standard InChI is InChI=1S/C27H31ClN6O/c1-27(2)16-34(12-11-24(27)29-3)17-9-10-22(23(13-17)35-4)32-26-31-15-20(28)25(33-26)19-14-30-21-8-6-5-7-18(19)21/h5-10,13-15,24,29-30H,11-12,16H2,1-4H3,(H,31,32,33). The second kappa shape index (κ2) is 9.40. The predicted octanol–water partition coefficient (Wildman–Crippen LogP) is 5.85. The van der Waals surface area contributed by atoms with Crippen LogP contribution in [-0.2, 0) is 0 Å². The molecule has 8 heteroatoms. The lowest BCUT2D eigenvalue weighted by Gasteiger charge is -2.45. The smallest absolute Gasteiger partial charge is 0.227 e. The number of hydrogen-bond donors (Lipinski definition) is 3. The molecular weight excluding hydrogens is 460 g/mol. The monoisotopic (exact) mass is 490 g/mol. The van der Waals surface area contributed by atoms with Gasteiger partial charge < -0.3 is 25.3 Å². The van der Waals surface area contributed by atoms with Gasteiger partial charge in [0.2, 0.25) is 5.95 Å². The first-order chi connectivity index (χ1) is 16.9. The van der Waals surface area contributed by atoms with Gasteiger partial charge in [0.1, 0.15) is 5.75 Å². The highest BCUT2D eigenvalue weighted by Gasteiger charge is 2.35. The molecule has 1 aliphatic heterocycles. The topological polar surface area (TPSA) is 78.1 Å². The van der Waals surface area contributed by atoms with Crippen LogP contribution in [0.2, 0.25) is 5.02 Å². The van der Waals surface area contributed by atoms with Crippen molar-refractivity contribution in [1.29, 1.82) is 0 Å². The number of para-hydroxylation sites is 1. The van der Waals surface area contributed by atoms with Crippen molar-refractivity contribution in [3.8, 4) is 17.0 Å². The minimum atomic E-state index is 0.174. The highest BCUT2D eigenvalue weighted by atomic mass is 35.5. The highest BCUT2D eigenvalue weighted by Crippen LogP contribution is 2.37. The Morgan fingerprint density at radius 2 is 2.03 bits per heavy atom. The summed E-state index contributed by atoms with van der Waals surface area (Å²) in [6.45, 7) is 6.61. The van der Waals surface area contributed by atoms with Crippen LogP contribution in [0.1, 0.15) is 20.3 Å². The van der Waals surface area contributed by atoms with Crippen molar-refractivity contribution in [3.05, 3.63) is 59.9 Å². The van der Waals surface area contributed by atoms with Crippen molar-refractivity contribution in [2.45, 2.75) is 26.3 Å². The molecular formula is C27H31ClN6O. The molecule has 4 aromatic rings. The Bertz CT molecular complexity index is 1350. The number of ether oxygens (including phenoxy) is 1. The van der Waals surface area contributed by atoms with E-state index in [1.165, 1.54) is 0 Å². The van der Waals surface area contributed by atoms with Gasteiger partial charge in [0.25, 0.3) is 0 Å². The van der Waals surface area contributed by atoms with Gasteiger partial charge in [0, 0.05) is 53.5 Å². The molecule has 1 unspecified atom stereocenters. The Labute approximate surface area is 210 Å². The van der Waals surface area contributed by atoms with Gasteiger partial charge in [-0.15, -0.1) is 0 Å². The first-order valence-corrected chi connectivity index (χ1v) is 12.2. The third-order valence-electron chi connectivity index (χ3n) is 6.96. The summed E-state index contributed by atoms with van der Waals surface area (Å²) in [6.07, 6.45) is 4.65. The number of nitrogens with zero attached hydrogens (tertiary/aromatic N) is 3. The van der Waals surface area contributed by atoms with E-state index in [-0.39, 0.29) is 5.41 Å². The van der Waals surface area contributed by atoms with Gasteiger partial charge in [-0.25, -0.2) is 9.97 Å². The Hall–Kier alpha value is -3.29. The minimum absolute atomic E-state index is 0.174. The van der Waals surface area contributed by atoms with E-state index in [1.54, 1.807) is 13.3 Å². The predicted molar refractivity (Wildman–Crippen MR) is 144 cm³/mol. The number of benzene rings is 2. The van der Waals surface area contributed by atoms with Gasteiger partial charge >= 0.3 is 0 Å². The fraction of sp³-hybridized carbons (Fsp3) is 0.333. The number of aromatic amines is 1. The van der Waals surface area contributed by atoms with E-state index in [0.717, 1.165) is 53.1 Å². The summed E-state index contributed by atoms with van der Waals surface area (Å²) in [6, 6.07) is 14.8. The molecule has 3 heterocycles. The van der Waals surface area contributed by atoms with Crippen LogP contribution in [0.5, 0.6) is 5.75 Å². The summed E-state index contributed by atoms with van der Waals surface area (Å²) in [5, 5.41) is 8.34. The van der Waals surface area contributed by atoms with Crippen LogP contribution < -0.4 is 20.3 Å². The molecule has 0 bridgehead atoms. The zero-order valence-corrected chi connectivity index (χ0v) is 21.3. The first-order valence-electron chi connectivity index (χ1n) is 11.9. The van der Waals surface area contributed by atoms with Gasteiger partial charge in [-0.2, -0.15) is 0 Å². The Kier molecular flexibility index (Phi) is 6.30. The second-order valence-corrected chi connectivity index (χ2v) is 10.1. The van der Waals surface area contributed by atoms with Crippen LogP contribution in [0.25, 0.3) is 22.2 Å². The third-order valence-corrected chi connectivity index (χ3v) is 7.24. The second-order valence-electron chi connectivity index (χ2n) is 9.69. The molecule has 35 heavy (non-hydrogen) atoms. The SMILES string of the molecule is CNC1CCN(c2ccc(Nc3ncc(Cl)c(-c4c[nH]c5ccccc45)n3)c(OC)c2)CC1(C)C. The molecule has 0 radical (unpaired) electrons. The lowest BCUT2D eigenvalue weighted by Crippen LogP contribution is -2.53. The number of piperidine rings is 1. The lowest BCUT2D eigenvalue weighted by atomic mass is 9.79. The van der Waals surface area contributed by atoms with Crippen LogP contribution in [0, 0.1) is 5.41 Å². The van der Waals surface area contributed by atoms with E-state index >= 15 is 0 Å². The summed E-state index contributed by atoms with van der Waals surface area (Å²) in [5.74, 6) is 1.19. The maximum Gasteiger partial charge on any atom is 0.227 e. The van der Waals surface area contributed by atoms with Crippen LogP contribution in [0.15, 0.2) is 54.9 Å². The fourth-order valence-electron chi connectivity index (χ4n) is 5.10. The molecule has 1 fully saturated rings. The largest absolute Gasteiger partial charge is 0.494 e. The van der Waals surface area contributed by atoms with E-state index in [1.807, 2.05) is 37.5 Å². The fourth-order valence-corrected chi connectivity index (χ4v) is 5.29. The molecule has 1 aliphatic rings. The molecule has 0 amide bonds. The molecule has 0 spiro atoms. The molecule has 1 atom stereocenters. The average Bonchev–Trinajstić information content (AvgIpc) is 3.29. The van der Waals surface area contributed by atoms with Crippen molar-refractivity contribution >= 4 is 39.8 Å². The van der Waals surface area contributed by atoms with Gasteiger partial charge in [0.05, 0.1) is 29.7 Å². The van der Waals surface area contributed by atoms with Crippen LogP contribution in [0.3, 0.4) is 0 Å². The maximum absolute atomic E-state index is 6.50. The number of nitrogens with one attached hydrogen (secondary N) is 3. The summed E-state index contributed by atoms with van der Waals surface area (Å²) in [7, 11) is 3.73. The molecule has 3 N–H and O–H groups in total. The van der Waals surface area contributed by atoms with Crippen LogP contribution in [0.4, 0.5) is 17.3 Å². The number of rotatable bonds is 6. The third kappa shape index (κ3) is 4.54. The first kappa shape index (κ1) is 23.5. The summed E-state index contributed by atoms with van der Waals surface area (Å²) >= 11 is 6.50. The molecule has 2 aromatic carbocycles. The van der Waals surface area contributed by atoms with E-state index in [4.69, 9.17) is 21.3 Å². The van der Waals surface area contributed by atoms with Gasteiger partial charge in [0.15, 0.2) is 0 Å². The van der Waals surface area contributed by atoms with Crippen molar-refractivity contribution in [2.24, 2.45) is 5.41 Å². The number of fused-ring (bicyclic) bond motifs is 1. The van der Waals surface area contributed by atoms with Crippen LogP contribution in [-0.4, -0.2) is 48.2 Å². The molecule has 1 saturated heterocycles. The van der Waals surface area contributed by atoms with Crippen molar-refractivity contribution in [3.63, 3.8) is 0 Å². The minimum Gasteiger partial charge on any atom is -0.494 e. The van der Waals surface area contributed by atoms with E-state index in [0.29, 0.717) is 22.7 Å². The van der Waals surface area contributed by atoms with Gasteiger partial charge in [-0.3, -0.25) is 0 Å². The van der Waals surface area contributed by atoms with Gasteiger partial charge in [-0.05, 0) is 37.1 Å². The normalized spacial score (nSPS) is 17.5. The average molecular weight is 491 g/mol. The van der Waals surface area contributed by atoms with Crippen molar-refractivity contribution in [2.75, 3.05) is 37.5 Å². The number of methoxy groups -OCH3 is 1. The number of aromatic nitrogens is 3. The molecule has 5 rings (SSSR count). The van der Waals surface area contributed by atoms with Crippen molar-refractivity contribution < 1.29 is 4.74 Å².